The Morgan fingerprint density at radius 3 is 2.68 bits per heavy atom. The van der Waals surface area contributed by atoms with Crippen molar-refractivity contribution in [2.24, 2.45) is 0 Å². The van der Waals surface area contributed by atoms with E-state index in [0.29, 0.717) is 12.4 Å². The number of hydrogen-bond acceptors (Lipinski definition) is 2. The van der Waals surface area contributed by atoms with Gasteiger partial charge in [-0.05, 0) is 18.1 Å². The number of para-hydroxylation sites is 1. The molecule has 96 valence electrons. The molecule has 19 heavy (non-hydrogen) atoms. The third-order valence-corrected chi connectivity index (χ3v) is 3.56. The molecule has 2 aromatic rings. The van der Waals surface area contributed by atoms with Gasteiger partial charge in [-0.15, -0.1) is 0 Å². The van der Waals surface area contributed by atoms with E-state index in [1.54, 1.807) is 6.92 Å². The number of aliphatic carboxylic acids is 1. The molecule has 3 rings (SSSR count). The van der Waals surface area contributed by atoms with Crippen LogP contribution in [0.5, 0.6) is 5.75 Å². The lowest BCUT2D eigenvalue weighted by atomic mass is 9.91. The van der Waals surface area contributed by atoms with E-state index in [4.69, 9.17) is 4.74 Å². The number of carboxylic acids is 1. The van der Waals surface area contributed by atoms with Gasteiger partial charge < -0.3 is 9.84 Å². The second kappa shape index (κ2) is 4.43. The van der Waals surface area contributed by atoms with E-state index in [1.807, 2.05) is 42.5 Å². The summed E-state index contributed by atoms with van der Waals surface area (Å²) in [5.74, 6) is -0.702. The van der Waals surface area contributed by atoms with Crippen LogP contribution in [0.25, 0.3) is 11.1 Å². The minimum Gasteiger partial charge on any atom is -0.488 e. The van der Waals surface area contributed by atoms with Crippen LogP contribution in [0, 0.1) is 0 Å². The third kappa shape index (κ3) is 1.87. The maximum Gasteiger partial charge on any atom is 0.310 e. The van der Waals surface area contributed by atoms with E-state index in [2.05, 4.69) is 0 Å². The van der Waals surface area contributed by atoms with Gasteiger partial charge in [0.05, 0.1) is 5.92 Å². The second-order valence-electron chi connectivity index (χ2n) is 4.73. The van der Waals surface area contributed by atoms with Gasteiger partial charge in [-0.2, -0.15) is 0 Å². The molecule has 0 saturated carbocycles. The Balaban J connectivity index is 2.18. The zero-order valence-corrected chi connectivity index (χ0v) is 10.6. The standard InChI is InChI=1S/C16H14O3/c1-10(16(17)18)12-7-4-8-14-13-6-3-2-5-11(13)9-19-15(12)14/h2-8,10H,9H2,1H3,(H,17,18). The lowest BCUT2D eigenvalue weighted by molar-refractivity contribution is -0.138. The summed E-state index contributed by atoms with van der Waals surface area (Å²) >= 11 is 0. The first-order chi connectivity index (χ1) is 9.18. The SMILES string of the molecule is CC(C(=O)O)c1cccc2c1OCc1ccccc1-2. The Morgan fingerprint density at radius 1 is 1.16 bits per heavy atom. The summed E-state index contributed by atoms with van der Waals surface area (Å²) in [4.78, 5) is 11.2. The van der Waals surface area contributed by atoms with Crippen LogP contribution in [0.15, 0.2) is 42.5 Å². The predicted octanol–water partition coefficient (Wildman–Crippen LogP) is 3.43. The zero-order chi connectivity index (χ0) is 13.4. The maximum absolute atomic E-state index is 11.2. The fourth-order valence-corrected chi connectivity index (χ4v) is 2.46. The van der Waals surface area contributed by atoms with Crippen LogP contribution in [0.4, 0.5) is 0 Å². The molecule has 1 unspecified atom stereocenters. The molecule has 0 fully saturated rings. The monoisotopic (exact) mass is 254 g/mol. The van der Waals surface area contributed by atoms with Gasteiger partial charge in [0.2, 0.25) is 0 Å². The summed E-state index contributed by atoms with van der Waals surface area (Å²) in [7, 11) is 0. The molecule has 0 aromatic heterocycles. The molecule has 1 atom stereocenters. The molecule has 1 aliphatic heterocycles. The van der Waals surface area contributed by atoms with Crippen LogP contribution >= 0.6 is 0 Å². The predicted molar refractivity (Wildman–Crippen MR) is 72.3 cm³/mol. The zero-order valence-electron chi connectivity index (χ0n) is 10.6. The van der Waals surface area contributed by atoms with Crippen LogP contribution in [-0.2, 0) is 11.4 Å². The third-order valence-electron chi connectivity index (χ3n) is 3.56. The highest BCUT2D eigenvalue weighted by Crippen LogP contribution is 2.41. The first kappa shape index (κ1) is 11.8. The van der Waals surface area contributed by atoms with Crippen molar-refractivity contribution in [2.45, 2.75) is 19.4 Å². The highest BCUT2D eigenvalue weighted by Gasteiger charge is 2.24. The molecule has 0 amide bonds. The van der Waals surface area contributed by atoms with E-state index in [1.165, 1.54) is 0 Å². The van der Waals surface area contributed by atoms with Gasteiger partial charge in [0.1, 0.15) is 12.4 Å². The Kier molecular flexibility index (Phi) is 2.75. The normalized spacial score (nSPS) is 13.9. The molecule has 0 saturated heterocycles. The minimum absolute atomic E-state index is 0.493. The largest absolute Gasteiger partial charge is 0.488 e. The lowest BCUT2D eigenvalue weighted by Crippen LogP contribution is -2.13. The fraction of sp³-hybridized carbons (Fsp3) is 0.188. The molecule has 3 heteroatoms. The number of ether oxygens (including phenoxy) is 1. The van der Waals surface area contributed by atoms with Crippen molar-refractivity contribution in [2.75, 3.05) is 0 Å². The van der Waals surface area contributed by atoms with Crippen LogP contribution in [0.2, 0.25) is 0 Å². The van der Waals surface area contributed by atoms with Crippen LogP contribution < -0.4 is 4.74 Å². The second-order valence-corrected chi connectivity index (χ2v) is 4.73. The topological polar surface area (TPSA) is 46.5 Å². The molecule has 1 N–H and O–H groups in total. The van der Waals surface area contributed by atoms with Crippen LogP contribution in [-0.4, -0.2) is 11.1 Å². The highest BCUT2D eigenvalue weighted by atomic mass is 16.5. The number of carbonyl (C=O) groups is 1. The average Bonchev–Trinajstić information content (AvgIpc) is 2.45. The first-order valence-electron chi connectivity index (χ1n) is 6.25. The molecule has 1 heterocycles. The van der Waals surface area contributed by atoms with Crippen molar-refractivity contribution < 1.29 is 14.6 Å². The minimum atomic E-state index is -0.837. The number of fused-ring (bicyclic) bond motifs is 3. The molecule has 0 radical (unpaired) electrons. The molecular formula is C16H14O3. The molecule has 2 aromatic carbocycles. The highest BCUT2D eigenvalue weighted by molar-refractivity contribution is 5.82. The lowest BCUT2D eigenvalue weighted by Gasteiger charge is -2.24. The maximum atomic E-state index is 11.2. The van der Waals surface area contributed by atoms with Crippen molar-refractivity contribution in [1.82, 2.24) is 0 Å². The molecule has 3 nitrogen and oxygen atoms in total. The van der Waals surface area contributed by atoms with E-state index < -0.39 is 11.9 Å². The fourth-order valence-electron chi connectivity index (χ4n) is 2.46. The summed E-state index contributed by atoms with van der Waals surface area (Å²) < 4.78 is 5.79. The Morgan fingerprint density at radius 2 is 1.89 bits per heavy atom. The van der Waals surface area contributed by atoms with E-state index in [0.717, 1.165) is 22.3 Å². The quantitative estimate of drug-likeness (QED) is 0.893. The van der Waals surface area contributed by atoms with Gasteiger partial charge in [0.25, 0.3) is 0 Å². The van der Waals surface area contributed by atoms with Gasteiger partial charge in [-0.1, -0.05) is 42.5 Å². The van der Waals surface area contributed by atoms with Gasteiger partial charge >= 0.3 is 5.97 Å². The number of carboxylic acid groups (broad SMARTS) is 1. The first-order valence-corrected chi connectivity index (χ1v) is 6.25. The summed E-state index contributed by atoms with van der Waals surface area (Å²) in [5.41, 5.74) is 3.98. The van der Waals surface area contributed by atoms with Crippen molar-refractivity contribution in [1.29, 1.82) is 0 Å². The molecule has 1 aliphatic rings. The van der Waals surface area contributed by atoms with Crippen LogP contribution in [0.1, 0.15) is 24.0 Å². The van der Waals surface area contributed by atoms with Gasteiger partial charge in [-0.25, -0.2) is 0 Å². The summed E-state index contributed by atoms with van der Waals surface area (Å²) in [6, 6.07) is 13.7. The van der Waals surface area contributed by atoms with Crippen molar-refractivity contribution >= 4 is 5.97 Å². The summed E-state index contributed by atoms with van der Waals surface area (Å²) in [6.07, 6.45) is 0. The number of rotatable bonds is 2. The van der Waals surface area contributed by atoms with Gasteiger partial charge in [-0.3, -0.25) is 4.79 Å². The number of benzene rings is 2. The number of hydrogen-bond donors (Lipinski definition) is 1. The van der Waals surface area contributed by atoms with E-state index in [-0.39, 0.29) is 0 Å². The molecule has 0 bridgehead atoms. The van der Waals surface area contributed by atoms with E-state index in [9.17, 15) is 9.90 Å². The summed E-state index contributed by atoms with van der Waals surface area (Å²) in [5, 5.41) is 9.18. The Bertz CT molecular complexity index is 646. The van der Waals surface area contributed by atoms with Crippen LogP contribution in [0.3, 0.4) is 0 Å². The molecule has 0 aliphatic carbocycles. The average molecular weight is 254 g/mol. The van der Waals surface area contributed by atoms with Crippen molar-refractivity contribution in [3.63, 3.8) is 0 Å². The molecule has 0 spiro atoms. The Labute approximate surface area is 111 Å². The molecular weight excluding hydrogens is 240 g/mol. The Hall–Kier alpha value is -2.29. The van der Waals surface area contributed by atoms with Crippen molar-refractivity contribution in [3.8, 4) is 16.9 Å². The smallest absolute Gasteiger partial charge is 0.310 e. The van der Waals surface area contributed by atoms with Crippen molar-refractivity contribution in [3.05, 3.63) is 53.6 Å². The van der Waals surface area contributed by atoms with Gasteiger partial charge in [0.15, 0.2) is 0 Å². The van der Waals surface area contributed by atoms with E-state index >= 15 is 0 Å². The van der Waals surface area contributed by atoms with Gasteiger partial charge in [0, 0.05) is 11.1 Å². The summed E-state index contributed by atoms with van der Waals surface area (Å²) in [6.45, 7) is 2.17.